The van der Waals surface area contributed by atoms with E-state index in [1.165, 1.54) is 0 Å². The van der Waals surface area contributed by atoms with Crippen molar-refractivity contribution in [3.63, 3.8) is 0 Å². The van der Waals surface area contributed by atoms with Crippen LogP contribution in [-0.2, 0) is 16.2 Å². The second-order valence-corrected chi connectivity index (χ2v) is 6.77. The Balaban J connectivity index is 1.51. The van der Waals surface area contributed by atoms with Crippen molar-refractivity contribution >= 4 is 23.4 Å². The molecule has 1 aliphatic rings. The molecule has 2 aromatic carbocycles. The normalized spacial score (nSPS) is 17.0. The fraction of sp³-hybridized carbons (Fsp3) is 0.300. The van der Waals surface area contributed by atoms with Crippen molar-refractivity contribution in [3.05, 3.63) is 70.7 Å². The number of nitrogens with zero attached hydrogens (tertiary/aromatic N) is 1. The lowest BCUT2D eigenvalue weighted by molar-refractivity contribution is -0.140. The Labute approximate surface area is 157 Å². The second-order valence-electron chi connectivity index (χ2n) is 6.34. The molecule has 0 radical (unpaired) electrons. The van der Waals surface area contributed by atoms with Gasteiger partial charge in [0.05, 0.1) is 12.5 Å². The fourth-order valence-corrected chi connectivity index (χ4v) is 3.12. The number of carbonyl (C=O) groups is 2. The van der Waals surface area contributed by atoms with Crippen molar-refractivity contribution < 1.29 is 14.4 Å². The second kappa shape index (κ2) is 8.83. The summed E-state index contributed by atoms with van der Waals surface area (Å²) in [5, 5.41) is 0.591. The molecule has 2 aromatic rings. The van der Waals surface area contributed by atoms with Gasteiger partial charge >= 0.3 is 0 Å². The molecule has 0 aromatic heterocycles. The van der Waals surface area contributed by atoms with Crippen LogP contribution in [0.1, 0.15) is 28.8 Å². The van der Waals surface area contributed by atoms with Crippen molar-refractivity contribution in [3.8, 4) is 0 Å². The van der Waals surface area contributed by atoms with E-state index in [1.807, 2.05) is 30.3 Å². The first-order chi connectivity index (χ1) is 12.6. The number of hydrogen-bond acceptors (Lipinski definition) is 3. The average Bonchev–Trinajstić information content (AvgIpc) is 2.69. The summed E-state index contributed by atoms with van der Waals surface area (Å²) in [5.74, 6) is -0.533. The van der Waals surface area contributed by atoms with Crippen molar-refractivity contribution in [2.45, 2.75) is 19.4 Å². The topological polar surface area (TPSA) is 58.6 Å². The molecule has 26 heavy (non-hydrogen) atoms. The van der Waals surface area contributed by atoms with E-state index in [0.29, 0.717) is 30.3 Å². The van der Waals surface area contributed by atoms with Crippen molar-refractivity contribution in [1.82, 2.24) is 10.4 Å². The van der Waals surface area contributed by atoms with E-state index in [4.69, 9.17) is 16.4 Å². The highest BCUT2D eigenvalue weighted by Crippen LogP contribution is 2.20. The zero-order valence-corrected chi connectivity index (χ0v) is 15.1. The smallest absolute Gasteiger partial charge is 0.253 e. The maximum absolute atomic E-state index is 12.6. The first kappa shape index (κ1) is 18.4. The van der Waals surface area contributed by atoms with Gasteiger partial charge in [-0.25, -0.2) is 5.48 Å². The van der Waals surface area contributed by atoms with Crippen LogP contribution in [0.2, 0.25) is 5.02 Å². The molecule has 1 saturated heterocycles. The van der Waals surface area contributed by atoms with Gasteiger partial charge in [0.25, 0.3) is 5.91 Å². The third-order valence-electron chi connectivity index (χ3n) is 4.42. The van der Waals surface area contributed by atoms with E-state index >= 15 is 0 Å². The zero-order chi connectivity index (χ0) is 18.4. The summed E-state index contributed by atoms with van der Waals surface area (Å²) in [5.41, 5.74) is 4.08. The highest BCUT2D eigenvalue weighted by atomic mass is 35.5. The molecule has 3 rings (SSSR count). The Bertz CT molecular complexity index is 749. The number of likely N-dealkylation sites (tertiary alicyclic amines) is 1. The standard InChI is InChI=1S/C20H21ClN2O3/c21-18-10-8-16(9-11-18)20(25)23-12-4-7-17(13-23)19(24)22-26-14-15-5-2-1-3-6-15/h1-3,5-6,8-11,17H,4,7,12-14H2,(H,22,24)/t17-/m1/s1. The molecule has 0 aliphatic carbocycles. The van der Waals surface area contributed by atoms with E-state index in [0.717, 1.165) is 18.4 Å². The Morgan fingerprint density at radius 1 is 1.12 bits per heavy atom. The van der Waals surface area contributed by atoms with Gasteiger partial charge < -0.3 is 4.90 Å². The van der Waals surface area contributed by atoms with Crippen LogP contribution in [0.15, 0.2) is 54.6 Å². The summed E-state index contributed by atoms with van der Waals surface area (Å²) < 4.78 is 0. The van der Waals surface area contributed by atoms with Crippen LogP contribution in [0.3, 0.4) is 0 Å². The SMILES string of the molecule is O=C(NOCc1ccccc1)[C@@H]1CCCN(C(=O)c2ccc(Cl)cc2)C1. The average molecular weight is 373 g/mol. The van der Waals surface area contributed by atoms with Gasteiger partial charge in [0.2, 0.25) is 5.91 Å². The number of nitrogens with one attached hydrogen (secondary N) is 1. The number of hydrogen-bond donors (Lipinski definition) is 1. The number of carbonyl (C=O) groups excluding carboxylic acids is 2. The first-order valence-electron chi connectivity index (χ1n) is 8.64. The van der Waals surface area contributed by atoms with Crippen LogP contribution in [0.4, 0.5) is 0 Å². The highest BCUT2D eigenvalue weighted by molar-refractivity contribution is 6.30. The van der Waals surface area contributed by atoms with Gasteiger partial charge in [-0.2, -0.15) is 0 Å². The van der Waals surface area contributed by atoms with E-state index in [-0.39, 0.29) is 17.7 Å². The van der Waals surface area contributed by atoms with E-state index in [9.17, 15) is 9.59 Å². The number of rotatable bonds is 5. The molecule has 2 amide bonds. The van der Waals surface area contributed by atoms with Crippen LogP contribution in [0.25, 0.3) is 0 Å². The molecule has 5 nitrogen and oxygen atoms in total. The van der Waals surface area contributed by atoms with E-state index in [2.05, 4.69) is 5.48 Å². The summed E-state index contributed by atoms with van der Waals surface area (Å²) in [6, 6.07) is 16.4. The van der Waals surface area contributed by atoms with Crippen LogP contribution in [0.5, 0.6) is 0 Å². The van der Waals surface area contributed by atoms with Crippen LogP contribution >= 0.6 is 11.6 Å². The minimum Gasteiger partial charge on any atom is -0.338 e. The summed E-state index contributed by atoms with van der Waals surface area (Å²) in [7, 11) is 0. The fourth-order valence-electron chi connectivity index (χ4n) is 3.00. The number of benzene rings is 2. The minimum atomic E-state index is -0.268. The predicted molar refractivity (Wildman–Crippen MR) is 99.5 cm³/mol. The lowest BCUT2D eigenvalue weighted by Crippen LogP contribution is -2.45. The highest BCUT2D eigenvalue weighted by Gasteiger charge is 2.29. The molecule has 6 heteroatoms. The molecule has 0 saturated carbocycles. The molecule has 1 aliphatic heterocycles. The molecule has 0 bridgehead atoms. The molecule has 0 spiro atoms. The predicted octanol–water partition coefficient (Wildman–Crippen LogP) is 3.44. The third-order valence-corrected chi connectivity index (χ3v) is 4.68. The lowest BCUT2D eigenvalue weighted by Gasteiger charge is -2.32. The number of hydroxylamine groups is 1. The summed E-state index contributed by atoms with van der Waals surface area (Å²) in [6.45, 7) is 1.35. The third kappa shape index (κ3) is 4.84. The quantitative estimate of drug-likeness (QED) is 0.818. The molecule has 0 unspecified atom stereocenters. The van der Waals surface area contributed by atoms with Gasteiger partial charge in [-0.3, -0.25) is 14.4 Å². The Morgan fingerprint density at radius 2 is 1.85 bits per heavy atom. The maximum Gasteiger partial charge on any atom is 0.253 e. The molecule has 1 atom stereocenters. The largest absolute Gasteiger partial charge is 0.338 e. The Hall–Kier alpha value is -2.37. The zero-order valence-electron chi connectivity index (χ0n) is 14.4. The van der Waals surface area contributed by atoms with E-state index < -0.39 is 0 Å². The van der Waals surface area contributed by atoms with Crippen LogP contribution < -0.4 is 5.48 Å². The number of piperidine rings is 1. The minimum absolute atomic E-state index is 0.0793. The molecule has 1 heterocycles. The Kier molecular flexibility index (Phi) is 6.26. The van der Waals surface area contributed by atoms with Gasteiger partial charge in [0.15, 0.2) is 0 Å². The molecule has 1 fully saturated rings. The summed E-state index contributed by atoms with van der Waals surface area (Å²) >= 11 is 5.87. The van der Waals surface area contributed by atoms with Gasteiger partial charge in [-0.05, 0) is 42.7 Å². The van der Waals surface area contributed by atoms with Gasteiger partial charge in [0.1, 0.15) is 0 Å². The lowest BCUT2D eigenvalue weighted by atomic mass is 9.97. The van der Waals surface area contributed by atoms with Gasteiger partial charge in [-0.1, -0.05) is 41.9 Å². The molecule has 1 N–H and O–H groups in total. The maximum atomic E-state index is 12.6. The first-order valence-corrected chi connectivity index (χ1v) is 9.01. The summed E-state index contributed by atoms with van der Waals surface area (Å²) in [6.07, 6.45) is 1.53. The number of halogens is 1. The molecular formula is C20H21ClN2O3. The number of amides is 2. The molecule has 136 valence electrons. The monoisotopic (exact) mass is 372 g/mol. The molecular weight excluding hydrogens is 352 g/mol. The van der Waals surface area contributed by atoms with Crippen molar-refractivity contribution in [2.75, 3.05) is 13.1 Å². The summed E-state index contributed by atoms with van der Waals surface area (Å²) in [4.78, 5) is 32.0. The Morgan fingerprint density at radius 3 is 2.58 bits per heavy atom. The van der Waals surface area contributed by atoms with Crippen LogP contribution in [0, 0.1) is 5.92 Å². The van der Waals surface area contributed by atoms with Crippen molar-refractivity contribution in [1.29, 1.82) is 0 Å². The van der Waals surface area contributed by atoms with Gasteiger partial charge in [0, 0.05) is 23.7 Å². The van der Waals surface area contributed by atoms with E-state index in [1.54, 1.807) is 29.2 Å². The van der Waals surface area contributed by atoms with Crippen molar-refractivity contribution in [2.24, 2.45) is 5.92 Å². The van der Waals surface area contributed by atoms with Crippen LogP contribution in [-0.4, -0.2) is 29.8 Å². The van der Waals surface area contributed by atoms with Gasteiger partial charge in [-0.15, -0.1) is 0 Å².